The molecule has 0 spiro atoms. The first kappa shape index (κ1) is 10.4. The third kappa shape index (κ3) is 1.49. The fourth-order valence-electron chi connectivity index (χ4n) is 3.82. The van der Waals surface area contributed by atoms with Gasteiger partial charge >= 0.3 is 0 Å². The van der Waals surface area contributed by atoms with Crippen molar-refractivity contribution in [2.45, 2.75) is 44.9 Å². The molecule has 2 N–H and O–H groups in total. The van der Waals surface area contributed by atoms with Gasteiger partial charge in [-0.15, -0.1) is 0 Å². The number of aliphatic hydroxyl groups is 2. The van der Waals surface area contributed by atoms with Gasteiger partial charge in [0.1, 0.15) is 0 Å². The van der Waals surface area contributed by atoms with Gasteiger partial charge in [-0.2, -0.15) is 0 Å². The quantitative estimate of drug-likeness (QED) is 0.727. The maximum atomic E-state index is 9.67. The molecule has 0 aromatic heterocycles. The van der Waals surface area contributed by atoms with E-state index in [9.17, 15) is 10.2 Å². The molecule has 14 heavy (non-hydrogen) atoms. The van der Waals surface area contributed by atoms with Gasteiger partial charge in [-0.05, 0) is 37.5 Å². The molecule has 2 rings (SSSR count). The van der Waals surface area contributed by atoms with E-state index in [-0.39, 0.29) is 12.0 Å². The maximum Gasteiger partial charge on any atom is 0.0493 e. The molecule has 82 valence electrons. The largest absolute Gasteiger partial charge is 0.396 e. The van der Waals surface area contributed by atoms with Crippen molar-refractivity contribution in [3.63, 3.8) is 0 Å². The van der Waals surface area contributed by atoms with Gasteiger partial charge in [0.25, 0.3) is 0 Å². The summed E-state index contributed by atoms with van der Waals surface area (Å²) >= 11 is 0. The van der Waals surface area contributed by atoms with Crippen LogP contribution in [0, 0.1) is 17.3 Å². The van der Waals surface area contributed by atoms with Crippen LogP contribution in [-0.4, -0.2) is 23.4 Å². The van der Waals surface area contributed by atoms with E-state index in [0.29, 0.717) is 18.4 Å². The molecule has 2 unspecified atom stereocenters. The van der Waals surface area contributed by atoms with Gasteiger partial charge < -0.3 is 10.2 Å². The minimum Gasteiger partial charge on any atom is -0.396 e. The normalized spacial score (nSPS) is 39.4. The predicted octanol–water partition coefficient (Wildman–Crippen LogP) is 1.95. The Morgan fingerprint density at radius 1 is 1.00 bits per heavy atom. The average Bonchev–Trinajstić information content (AvgIpc) is 2.86. The molecular formula is C12H22O2. The van der Waals surface area contributed by atoms with E-state index in [0.717, 1.165) is 12.8 Å². The van der Waals surface area contributed by atoms with Crippen molar-refractivity contribution in [2.24, 2.45) is 17.3 Å². The first-order chi connectivity index (χ1) is 6.83. The van der Waals surface area contributed by atoms with Crippen LogP contribution in [0.3, 0.4) is 0 Å². The Labute approximate surface area is 86.3 Å². The van der Waals surface area contributed by atoms with Crippen molar-refractivity contribution in [2.75, 3.05) is 13.2 Å². The van der Waals surface area contributed by atoms with Crippen LogP contribution in [0.4, 0.5) is 0 Å². The molecular weight excluding hydrogens is 176 g/mol. The summed E-state index contributed by atoms with van der Waals surface area (Å²) in [6.45, 7) is 0.569. The van der Waals surface area contributed by atoms with Crippen LogP contribution < -0.4 is 0 Å². The Hall–Kier alpha value is -0.0800. The molecule has 0 saturated heterocycles. The van der Waals surface area contributed by atoms with Crippen molar-refractivity contribution in [3.05, 3.63) is 0 Å². The molecule has 2 heteroatoms. The molecule has 0 heterocycles. The lowest BCUT2D eigenvalue weighted by Gasteiger charge is -2.38. The zero-order valence-electron chi connectivity index (χ0n) is 8.91. The summed E-state index contributed by atoms with van der Waals surface area (Å²) < 4.78 is 0. The SMILES string of the molecule is OCC1CCCC1(CO)C1CCCC1. The second-order valence-corrected chi connectivity index (χ2v) is 5.14. The lowest BCUT2D eigenvalue weighted by molar-refractivity contribution is 0.00117. The summed E-state index contributed by atoms with van der Waals surface area (Å²) in [4.78, 5) is 0. The molecule has 2 fully saturated rings. The van der Waals surface area contributed by atoms with Crippen molar-refractivity contribution in [3.8, 4) is 0 Å². The van der Waals surface area contributed by atoms with Crippen molar-refractivity contribution >= 4 is 0 Å². The summed E-state index contributed by atoms with van der Waals surface area (Å²) in [5, 5.41) is 19.0. The van der Waals surface area contributed by atoms with E-state index in [1.54, 1.807) is 0 Å². The molecule has 0 amide bonds. The van der Waals surface area contributed by atoms with Crippen LogP contribution in [0.5, 0.6) is 0 Å². The van der Waals surface area contributed by atoms with Gasteiger partial charge in [-0.3, -0.25) is 0 Å². The molecule has 0 bridgehead atoms. The highest BCUT2D eigenvalue weighted by Crippen LogP contribution is 2.53. The van der Waals surface area contributed by atoms with E-state index in [4.69, 9.17) is 0 Å². The Morgan fingerprint density at radius 2 is 1.71 bits per heavy atom. The molecule has 0 aromatic carbocycles. The molecule has 2 saturated carbocycles. The first-order valence-corrected chi connectivity index (χ1v) is 6.05. The molecule has 2 nitrogen and oxygen atoms in total. The molecule has 0 aromatic rings. The van der Waals surface area contributed by atoms with Gasteiger partial charge in [0.05, 0.1) is 0 Å². The topological polar surface area (TPSA) is 40.5 Å². The lowest BCUT2D eigenvalue weighted by atomic mass is 9.68. The molecule has 0 radical (unpaired) electrons. The number of rotatable bonds is 3. The van der Waals surface area contributed by atoms with Crippen LogP contribution in [0.2, 0.25) is 0 Å². The van der Waals surface area contributed by atoms with Gasteiger partial charge in [-0.1, -0.05) is 19.3 Å². The van der Waals surface area contributed by atoms with Crippen LogP contribution >= 0.6 is 0 Å². The van der Waals surface area contributed by atoms with E-state index < -0.39 is 0 Å². The van der Waals surface area contributed by atoms with E-state index in [1.807, 2.05) is 0 Å². The number of hydrogen-bond donors (Lipinski definition) is 2. The van der Waals surface area contributed by atoms with Gasteiger partial charge in [0.2, 0.25) is 0 Å². The van der Waals surface area contributed by atoms with Crippen molar-refractivity contribution in [1.29, 1.82) is 0 Å². The van der Waals surface area contributed by atoms with Crippen LogP contribution in [-0.2, 0) is 0 Å². The second kappa shape index (κ2) is 4.19. The Bertz CT molecular complexity index is 187. The summed E-state index contributed by atoms with van der Waals surface area (Å²) in [6, 6.07) is 0. The molecule has 2 aliphatic carbocycles. The second-order valence-electron chi connectivity index (χ2n) is 5.14. The third-order valence-electron chi connectivity index (χ3n) is 4.69. The summed E-state index contributed by atoms with van der Waals surface area (Å²) in [5.41, 5.74) is 0.0885. The Balaban J connectivity index is 2.14. The highest BCUT2D eigenvalue weighted by Gasteiger charge is 2.48. The standard InChI is InChI=1S/C12H22O2/c13-8-11-6-3-7-12(11,9-14)10-4-1-2-5-10/h10-11,13-14H,1-9H2. The smallest absolute Gasteiger partial charge is 0.0493 e. The number of hydrogen-bond acceptors (Lipinski definition) is 2. The predicted molar refractivity (Wildman–Crippen MR) is 55.9 cm³/mol. The van der Waals surface area contributed by atoms with Crippen LogP contribution in [0.1, 0.15) is 44.9 Å². The van der Waals surface area contributed by atoms with Gasteiger partial charge in [0, 0.05) is 18.6 Å². The Kier molecular flexibility index (Phi) is 3.13. The average molecular weight is 198 g/mol. The van der Waals surface area contributed by atoms with Crippen LogP contribution in [0.15, 0.2) is 0 Å². The zero-order chi connectivity index (χ0) is 10.0. The zero-order valence-corrected chi connectivity index (χ0v) is 8.91. The Morgan fingerprint density at radius 3 is 2.29 bits per heavy atom. The summed E-state index contributed by atoms with van der Waals surface area (Å²) in [7, 11) is 0. The molecule has 0 aliphatic heterocycles. The summed E-state index contributed by atoms with van der Waals surface area (Å²) in [6.07, 6.45) is 8.65. The lowest BCUT2D eigenvalue weighted by Crippen LogP contribution is -2.38. The fourth-order valence-corrected chi connectivity index (χ4v) is 3.82. The minimum absolute atomic E-state index is 0.0885. The minimum atomic E-state index is 0.0885. The van der Waals surface area contributed by atoms with E-state index in [2.05, 4.69) is 0 Å². The van der Waals surface area contributed by atoms with E-state index >= 15 is 0 Å². The summed E-state index contributed by atoms with van der Waals surface area (Å²) in [5.74, 6) is 1.06. The van der Waals surface area contributed by atoms with Gasteiger partial charge in [0.15, 0.2) is 0 Å². The van der Waals surface area contributed by atoms with Crippen molar-refractivity contribution in [1.82, 2.24) is 0 Å². The highest BCUT2D eigenvalue weighted by molar-refractivity contribution is 4.97. The van der Waals surface area contributed by atoms with E-state index in [1.165, 1.54) is 32.1 Å². The number of aliphatic hydroxyl groups excluding tert-OH is 2. The third-order valence-corrected chi connectivity index (χ3v) is 4.69. The first-order valence-electron chi connectivity index (χ1n) is 6.05. The van der Waals surface area contributed by atoms with Gasteiger partial charge in [-0.25, -0.2) is 0 Å². The maximum absolute atomic E-state index is 9.67. The molecule has 2 aliphatic rings. The highest BCUT2D eigenvalue weighted by atomic mass is 16.3. The van der Waals surface area contributed by atoms with Crippen molar-refractivity contribution < 1.29 is 10.2 Å². The molecule has 2 atom stereocenters. The van der Waals surface area contributed by atoms with Crippen LogP contribution in [0.25, 0.3) is 0 Å². The fraction of sp³-hybridized carbons (Fsp3) is 1.00. The monoisotopic (exact) mass is 198 g/mol.